The number of carbonyl (C=O) groups excluding carboxylic acids is 2. The maximum atomic E-state index is 11.5. The molecular formula is C15H20N2O4. The average Bonchev–Trinajstić information content (AvgIpc) is 2.50. The Kier molecular flexibility index (Phi) is 5.14. The molecule has 1 aliphatic carbocycles. The van der Waals surface area contributed by atoms with E-state index >= 15 is 0 Å². The number of hydrogen-bond donors (Lipinski definition) is 1. The molecule has 0 saturated heterocycles. The molecule has 0 radical (unpaired) electrons. The van der Waals surface area contributed by atoms with Crippen LogP contribution in [0.3, 0.4) is 0 Å². The van der Waals surface area contributed by atoms with Gasteiger partial charge in [-0.25, -0.2) is 4.98 Å². The fourth-order valence-corrected chi connectivity index (χ4v) is 2.56. The van der Waals surface area contributed by atoms with Gasteiger partial charge in [-0.3, -0.25) is 9.59 Å². The second kappa shape index (κ2) is 7.06. The number of carbonyl (C=O) groups is 2. The number of anilines is 1. The number of rotatable bonds is 5. The molecule has 0 bridgehead atoms. The van der Waals surface area contributed by atoms with E-state index in [9.17, 15) is 9.59 Å². The molecule has 0 aromatic carbocycles. The number of ether oxygens (including phenoxy) is 2. The molecule has 0 spiro atoms. The quantitative estimate of drug-likeness (QED) is 0.664. The topological polar surface area (TPSA) is 77.5 Å². The summed E-state index contributed by atoms with van der Waals surface area (Å²) in [5.41, 5.74) is 1.57. The number of esters is 1. The maximum absolute atomic E-state index is 11.5. The smallest absolute Gasteiger partial charge is 0.308 e. The fourth-order valence-electron chi connectivity index (χ4n) is 2.56. The first-order valence-electron chi connectivity index (χ1n) is 7.05. The SMILES string of the molecule is COC(=O)C1CCC(Oc2cc(C)c(NC=O)cn2)CC1. The Morgan fingerprint density at radius 3 is 2.67 bits per heavy atom. The third-order valence-electron chi connectivity index (χ3n) is 3.80. The third-order valence-corrected chi connectivity index (χ3v) is 3.80. The van der Waals surface area contributed by atoms with Crippen molar-refractivity contribution in [2.24, 2.45) is 5.92 Å². The Hall–Kier alpha value is -2.11. The van der Waals surface area contributed by atoms with E-state index in [0.717, 1.165) is 31.2 Å². The molecular weight excluding hydrogens is 272 g/mol. The van der Waals surface area contributed by atoms with E-state index in [0.29, 0.717) is 18.0 Å². The maximum Gasteiger partial charge on any atom is 0.308 e. The van der Waals surface area contributed by atoms with Crippen LogP contribution in [0.5, 0.6) is 5.88 Å². The molecule has 114 valence electrons. The summed E-state index contributed by atoms with van der Waals surface area (Å²) in [6.45, 7) is 1.88. The number of amides is 1. The molecule has 0 atom stereocenters. The number of hydrogen-bond acceptors (Lipinski definition) is 5. The minimum absolute atomic E-state index is 0.0105. The first-order valence-corrected chi connectivity index (χ1v) is 7.05. The summed E-state index contributed by atoms with van der Waals surface area (Å²) in [4.78, 5) is 26.1. The third kappa shape index (κ3) is 3.93. The molecule has 1 amide bonds. The summed E-state index contributed by atoms with van der Waals surface area (Å²) in [5, 5.41) is 2.58. The lowest BCUT2D eigenvalue weighted by molar-refractivity contribution is -0.147. The van der Waals surface area contributed by atoms with Gasteiger partial charge in [0, 0.05) is 6.07 Å². The van der Waals surface area contributed by atoms with Gasteiger partial charge in [-0.1, -0.05) is 0 Å². The number of nitrogens with one attached hydrogen (secondary N) is 1. The van der Waals surface area contributed by atoms with Gasteiger partial charge < -0.3 is 14.8 Å². The molecule has 1 aliphatic rings. The molecule has 1 heterocycles. The van der Waals surface area contributed by atoms with Gasteiger partial charge in [-0.2, -0.15) is 0 Å². The van der Waals surface area contributed by atoms with Crippen LogP contribution in [-0.2, 0) is 14.3 Å². The van der Waals surface area contributed by atoms with Crippen molar-refractivity contribution < 1.29 is 19.1 Å². The van der Waals surface area contributed by atoms with Gasteiger partial charge in [0.1, 0.15) is 6.10 Å². The first-order chi connectivity index (χ1) is 10.1. The zero-order valence-corrected chi connectivity index (χ0v) is 12.3. The lowest BCUT2D eigenvalue weighted by Gasteiger charge is -2.27. The predicted octanol–water partition coefficient (Wildman–Crippen LogP) is 2.07. The minimum Gasteiger partial charge on any atom is -0.474 e. The Balaban J connectivity index is 1.90. The van der Waals surface area contributed by atoms with E-state index in [1.54, 1.807) is 12.3 Å². The van der Waals surface area contributed by atoms with Crippen LogP contribution in [0, 0.1) is 12.8 Å². The molecule has 6 nitrogen and oxygen atoms in total. The lowest BCUT2D eigenvalue weighted by atomic mass is 9.87. The van der Waals surface area contributed by atoms with Gasteiger partial charge in [-0.05, 0) is 38.2 Å². The second-order valence-electron chi connectivity index (χ2n) is 5.21. The molecule has 6 heteroatoms. The lowest BCUT2D eigenvalue weighted by Crippen LogP contribution is -2.28. The highest BCUT2D eigenvalue weighted by Gasteiger charge is 2.28. The molecule has 1 saturated carbocycles. The van der Waals surface area contributed by atoms with Gasteiger partial charge in [0.05, 0.1) is 24.9 Å². The monoisotopic (exact) mass is 292 g/mol. The molecule has 1 aromatic rings. The van der Waals surface area contributed by atoms with E-state index in [1.807, 2.05) is 6.92 Å². The van der Waals surface area contributed by atoms with Crippen molar-refractivity contribution in [2.75, 3.05) is 12.4 Å². The Bertz CT molecular complexity index is 510. The van der Waals surface area contributed by atoms with Crippen molar-refractivity contribution in [3.63, 3.8) is 0 Å². The number of aryl methyl sites for hydroxylation is 1. The van der Waals surface area contributed by atoms with E-state index in [-0.39, 0.29) is 18.0 Å². The summed E-state index contributed by atoms with van der Waals surface area (Å²) in [6.07, 6.45) is 5.46. The fraction of sp³-hybridized carbons (Fsp3) is 0.533. The van der Waals surface area contributed by atoms with Crippen LogP contribution < -0.4 is 10.1 Å². The molecule has 1 aromatic heterocycles. The highest BCUT2D eigenvalue weighted by Crippen LogP contribution is 2.28. The van der Waals surface area contributed by atoms with Crippen molar-refractivity contribution in [2.45, 2.75) is 38.7 Å². The summed E-state index contributed by atoms with van der Waals surface area (Å²) in [6, 6.07) is 1.80. The van der Waals surface area contributed by atoms with Crippen molar-refractivity contribution in [1.82, 2.24) is 4.98 Å². The molecule has 2 rings (SSSR count). The molecule has 1 N–H and O–H groups in total. The minimum atomic E-state index is -0.133. The van der Waals surface area contributed by atoms with Gasteiger partial charge in [0.25, 0.3) is 0 Å². The molecule has 0 aliphatic heterocycles. The highest BCUT2D eigenvalue weighted by atomic mass is 16.5. The number of nitrogens with zero attached hydrogens (tertiary/aromatic N) is 1. The zero-order valence-electron chi connectivity index (χ0n) is 12.3. The second-order valence-corrected chi connectivity index (χ2v) is 5.21. The normalized spacial score (nSPS) is 21.4. The van der Waals surface area contributed by atoms with Crippen LogP contribution in [0.15, 0.2) is 12.3 Å². The van der Waals surface area contributed by atoms with Gasteiger partial charge in [-0.15, -0.1) is 0 Å². The molecule has 0 unspecified atom stereocenters. The van der Waals surface area contributed by atoms with Crippen LogP contribution in [0.2, 0.25) is 0 Å². The van der Waals surface area contributed by atoms with Gasteiger partial charge in [0.15, 0.2) is 0 Å². The predicted molar refractivity (Wildman–Crippen MR) is 77.1 cm³/mol. The Labute approximate surface area is 123 Å². The van der Waals surface area contributed by atoms with Crippen molar-refractivity contribution in [3.05, 3.63) is 17.8 Å². The largest absolute Gasteiger partial charge is 0.474 e. The Morgan fingerprint density at radius 1 is 1.38 bits per heavy atom. The Morgan fingerprint density at radius 2 is 2.10 bits per heavy atom. The van der Waals surface area contributed by atoms with E-state index in [1.165, 1.54) is 7.11 Å². The van der Waals surface area contributed by atoms with Gasteiger partial charge >= 0.3 is 5.97 Å². The standard InChI is InChI=1S/C15H20N2O4/c1-10-7-14(16-8-13(10)17-9-18)21-12-5-3-11(4-6-12)15(19)20-2/h7-9,11-12H,3-6H2,1-2H3,(H,17,18). The number of pyridine rings is 1. The van der Waals surface area contributed by atoms with E-state index in [2.05, 4.69) is 10.3 Å². The zero-order chi connectivity index (χ0) is 15.2. The number of aromatic nitrogens is 1. The van der Waals surface area contributed by atoms with Crippen LogP contribution >= 0.6 is 0 Å². The van der Waals surface area contributed by atoms with Gasteiger partial charge in [0.2, 0.25) is 12.3 Å². The van der Waals surface area contributed by atoms with Crippen LogP contribution in [0.25, 0.3) is 0 Å². The van der Waals surface area contributed by atoms with Crippen LogP contribution in [0.1, 0.15) is 31.2 Å². The molecule has 21 heavy (non-hydrogen) atoms. The number of methoxy groups -OCH3 is 1. The summed E-state index contributed by atoms with van der Waals surface area (Å²) in [7, 11) is 1.42. The summed E-state index contributed by atoms with van der Waals surface area (Å²) < 4.78 is 10.6. The summed E-state index contributed by atoms with van der Waals surface area (Å²) >= 11 is 0. The van der Waals surface area contributed by atoms with Crippen LogP contribution in [0.4, 0.5) is 5.69 Å². The van der Waals surface area contributed by atoms with Crippen molar-refractivity contribution in [1.29, 1.82) is 0 Å². The van der Waals surface area contributed by atoms with Crippen molar-refractivity contribution in [3.8, 4) is 5.88 Å². The van der Waals surface area contributed by atoms with Crippen molar-refractivity contribution >= 4 is 18.1 Å². The first kappa shape index (κ1) is 15.3. The van der Waals surface area contributed by atoms with E-state index in [4.69, 9.17) is 9.47 Å². The molecule has 1 fully saturated rings. The van der Waals surface area contributed by atoms with Crippen LogP contribution in [-0.4, -0.2) is 30.6 Å². The highest BCUT2D eigenvalue weighted by molar-refractivity contribution is 5.73. The van der Waals surface area contributed by atoms with E-state index < -0.39 is 0 Å². The summed E-state index contributed by atoms with van der Waals surface area (Å²) in [5.74, 6) is 0.404. The average molecular weight is 292 g/mol.